The molecule has 0 fully saturated rings. The van der Waals surface area contributed by atoms with E-state index >= 15 is 0 Å². The number of aromatic nitrogens is 2. The molecule has 0 saturated carbocycles. The molecule has 3 heterocycles. The topological polar surface area (TPSA) is 55.1 Å². The van der Waals surface area contributed by atoms with Crippen molar-refractivity contribution >= 4 is 27.6 Å². The van der Waals surface area contributed by atoms with E-state index in [1.165, 1.54) is 66.9 Å². The van der Waals surface area contributed by atoms with Gasteiger partial charge in [-0.2, -0.15) is 0 Å². The maximum atomic E-state index is 11.5. The zero-order chi connectivity index (χ0) is 37.7. The van der Waals surface area contributed by atoms with Crippen LogP contribution in [-0.4, -0.2) is 20.4 Å². The van der Waals surface area contributed by atoms with Gasteiger partial charge in [-0.1, -0.05) is 122 Å². The maximum Gasteiger partial charge on any atom is 0.164 e. The van der Waals surface area contributed by atoms with Crippen molar-refractivity contribution in [3.8, 4) is 39.2 Å². The van der Waals surface area contributed by atoms with Crippen molar-refractivity contribution in [2.45, 2.75) is 60.8 Å². The summed E-state index contributed by atoms with van der Waals surface area (Å²) in [4.78, 5) is 16.1. The number of pyridine rings is 1. The van der Waals surface area contributed by atoms with Crippen LogP contribution in [0.4, 0.5) is 0 Å². The predicted octanol–water partition coefficient (Wildman–Crippen LogP) is 12.7. The number of aliphatic hydroxyl groups is 1. The fourth-order valence-corrected chi connectivity index (χ4v) is 7.07. The van der Waals surface area contributed by atoms with Gasteiger partial charge in [-0.15, -0.1) is 35.4 Å². The van der Waals surface area contributed by atoms with Gasteiger partial charge in [0.25, 0.3) is 0 Å². The number of carbonyl (C=O) groups is 1. The summed E-state index contributed by atoms with van der Waals surface area (Å²) in [6, 6.07) is 47.1. The zero-order valence-electron chi connectivity index (χ0n) is 32.3. The molecule has 1 radical (unpaired) electrons. The molecule has 2 aromatic heterocycles. The first-order valence-electron chi connectivity index (χ1n) is 18.3. The first-order valence-corrected chi connectivity index (χ1v) is 18.3. The van der Waals surface area contributed by atoms with Gasteiger partial charge in [0.1, 0.15) is 5.76 Å². The van der Waals surface area contributed by atoms with E-state index in [0.717, 1.165) is 11.3 Å². The van der Waals surface area contributed by atoms with Crippen LogP contribution in [-0.2, 0) is 30.3 Å². The molecule has 0 unspecified atom stereocenters. The van der Waals surface area contributed by atoms with Crippen LogP contribution < -0.4 is 0 Å². The van der Waals surface area contributed by atoms with Crippen LogP contribution in [0.3, 0.4) is 0 Å². The minimum absolute atomic E-state index is 0. The first kappa shape index (κ1) is 38.6. The largest absolute Gasteiger partial charge is 0.512 e. The molecule has 1 aliphatic rings. The van der Waals surface area contributed by atoms with E-state index in [1.54, 1.807) is 0 Å². The number of rotatable bonds is 4. The van der Waals surface area contributed by atoms with E-state index in [9.17, 15) is 9.90 Å². The van der Waals surface area contributed by atoms with Gasteiger partial charge in [-0.25, -0.2) is 0 Å². The summed E-state index contributed by atoms with van der Waals surface area (Å²) < 4.78 is 2.48. The Labute approximate surface area is 333 Å². The molecular weight excluding hydrogens is 841 g/mol. The maximum absolute atomic E-state index is 11.5. The number of ketones is 1. The number of nitrogens with zero attached hydrogens (tertiary/aromatic N) is 2. The summed E-state index contributed by atoms with van der Waals surface area (Å²) in [5.74, 6) is 0.104. The Morgan fingerprint density at radius 2 is 1.37 bits per heavy atom. The van der Waals surface area contributed by atoms with Gasteiger partial charge in [0.2, 0.25) is 0 Å². The van der Waals surface area contributed by atoms with E-state index in [4.69, 9.17) is 0 Å². The fourth-order valence-electron chi connectivity index (χ4n) is 7.07. The number of allylic oxidation sites excluding steroid dienone is 2. The van der Waals surface area contributed by atoms with E-state index < -0.39 is 5.41 Å². The molecule has 0 spiro atoms. The summed E-state index contributed by atoms with van der Waals surface area (Å²) in [5.41, 5.74) is 12.4. The number of para-hydroxylation sites is 1. The van der Waals surface area contributed by atoms with E-state index in [-0.39, 0.29) is 42.5 Å². The number of hydrogen-bond acceptors (Lipinski definition) is 3. The Hall–Kier alpha value is -5.09. The molecule has 275 valence electrons. The van der Waals surface area contributed by atoms with Crippen molar-refractivity contribution in [2.75, 3.05) is 0 Å². The Bertz CT molecular complexity index is 2510. The zero-order valence-corrected chi connectivity index (χ0v) is 34.7. The summed E-state index contributed by atoms with van der Waals surface area (Å²) in [6.07, 6.45) is 3.17. The molecule has 54 heavy (non-hydrogen) atoms. The minimum atomic E-state index is -0.417. The van der Waals surface area contributed by atoms with Gasteiger partial charge >= 0.3 is 0 Å². The molecule has 4 nitrogen and oxygen atoms in total. The first-order chi connectivity index (χ1) is 25.1. The monoisotopic (exact) mass is 888 g/mol. The molecular formula is C49H47IrN2O2-. The average molecular weight is 888 g/mol. The van der Waals surface area contributed by atoms with E-state index in [2.05, 4.69) is 127 Å². The Morgan fingerprint density at radius 1 is 0.704 bits per heavy atom. The van der Waals surface area contributed by atoms with Crippen molar-refractivity contribution in [1.29, 1.82) is 0 Å². The van der Waals surface area contributed by atoms with E-state index in [1.807, 2.05) is 72.0 Å². The minimum Gasteiger partial charge on any atom is -0.512 e. The third-order valence-electron chi connectivity index (χ3n) is 10.3. The average Bonchev–Trinajstić information content (AvgIpc) is 3.48. The van der Waals surface area contributed by atoms with Crippen LogP contribution in [0.2, 0.25) is 0 Å². The second kappa shape index (κ2) is 14.6. The molecule has 0 aliphatic carbocycles. The van der Waals surface area contributed by atoms with E-state index in [0.29, 0.717) is 0 Å². The quantitative estimate of drug-likeness (QED) is 0.109. The normalized spacial score (nSPS) is 13.4. The van der Waals surface area contributed by atoms with Crippen LogP contribution >= 0.6 is 0 Å². The number of hydrogen-bond donors (Lipinski definition) is 1. The third kappa shape index (κ3) is 7.23. The Kier molecular flexibility index (Phi) is 10.5. The molecule has 5 aromatic carbocycles. The predicted molar refractivity (Wildman–Crippen MR) is 220 cm³/mol. The van der Waals surface area contributed by atoms with Crippen molar-refractivity contribution < 1.29 is 30.0 Å². The van der Waals surface area contributed by atoms with Gasteiger partial charge in [0, 0.05) is 59.4 Å². The molecule has 1 N–H and O–H groups in total. The number of aliphatic hydroxyl groups excluding tert-OH is 1. The van der Waals surface area contributed by atoms with Gasteiger partial charge in [0.15, 0.2) is 5.78 Å². The molecule has 0 bridgehead atoms. The second-order valence-corrected chi connectivity index (χ2v) is 16.6. The smallest absolute Gasteiger partial charge is 0.164 e. The number of fused-ring (bicyclic) bond motifs is 5. The molecule has 8 rings (SSSR count). The Morgan fingerprint density at radius 3 is 2.06 bits per heavy atom. The van der Waals surface area contributed by atoms with Crippen LogP contribution in [0.25, 0.3) is 61.0 Å². The van der Waals surface area contributed by atoms with Crippen LogP contribution in [0.15, 0.2) is 139 Å². The van der Waals surface area contributed by atoms with Crippen molar-refractivity contribution in [3.05, 3.63) is 157 Å². The molecule has 1 aliphatic heterocycles. The van der Waals surface area contributed by atoms with Crippen molar-refractivity contribution in [2.24, 2.45) is 10.8 Å². The van der Waals surface area contributed by atoms with Crippen molar-refractivity contribution in [1.82, 2.24) is 9.55 Å². The number of carbonyl (C=O) groups excluding carboxylic acids is 1. The van der Waals surface area contributed by atoms with Gasteiger partial charge in [-0.3, -0.25) is 4.79 Å². The van der Waals surface area contributed by atoms with Crippen molar-refractivity contribution in [3.63, 3.8) is 0 Å². The summed E-state index contributed by atoms with van der Waals surface area (Å²) >= 11 is 0. The molecule has 0 saturated heterocycles. The summed E-state index contributed by atoms with van der Waals surface area (Å²) in [5, 5.41) is 12.1. The van der Waals surface area contributed by atoms with Crippen LogP contribution in [0.5, 0.6) is 0 Å². The Balaban J connectivity index is 0.000000308. The van der Waals surface area contributed by atoms with Crippen LogP contribution in [0.1, 0.15) is 66.5 Å². The fraction of sp³-hybridized carbons (Fsp3) is 0.224. The summed E-state index contributed by atoms with van der Waals surface area (Å²) in [6.45, 7) is 15.8. The second-order valence-electron chi connectivity index (χ2n) is 16.6. The van der Waals surface area contributed by atoms with Crippen LogP contribution in [0, 0.1) is 16.9 Å². The third-order valence-corrected chi connectivity index (χ3v) is 10.3. The van der Waals surface area contributed by atoms with Gasteiger partial charge in [0.05, 0.1) is 16.7 Å². The summed E-state index contributed by atoms with van der Waals surface area (Å²) in [7, 11) is 0. The molecule has 0 atom stereocenters. The SMILES string of the molecule is CC(C)(C)C(=O)C=C(O)C(C)(C)C.CC1(C)c2ccccc2-n2c3ccc(-c4ccccc4)cc3c3cc(-c4cc[c-]c(-c5ccccn5)c4)cc1c32.[Ir]. The standard InChI is InChI=1S/C38H27N2.C11H20O2.Ir/c1-38(2)32-15-6-7-17-36(32)40-35-19-18-27(25-11-4-3-5-12-25)22-30(35)31-23-29(24-33(38)37(31)40)26-13-10-14-28(21-26)34-16-8-9-20-39-34;1-10(2,3)8(12)7-9(13)11(4,5)6;/h3-13,15-24H,1-2H3;7,12H,1-6H3;/q-1;;. The molecule has 7 aromatic rings. The van der Waals surface area contributed by atoms with Gasteiger partial charge < -0.3 is 14.7 Å². The van der Waals surface area contributed by atoms with Gasteiger partial charge in [-0.05, 0) is 69.9 Å². The molecule has 5 heteroatoms. The molecule has 0 amide bonds. The number of benzene rings is 5.